The van der Waals surface area contributed by atoms with Crippen LogP contribution in [0.2, 0.25) is 5.02 Å². The molecule has 7 nitrogen and oxygen atoms in total. The van der Waals surface area contributed by atoms with Gasteiger partial charge in [-0.3, -0.25) is 9.59 Å². The Bertz CT molecular complexity index is 646. The molecule has 0 bridgehead atoms. The molecule has 1 atom stereocenters. The van der Waals surface area contributed by atoms with E-state index in [4.69, 9.17) is 11.6 Å². The van der Waals surface area contributed by atoms with Gasteiger partial charge >= 0.3 is 0 Å². The van der Waals surface area contributed by atoms with Crippen LogP contribution in [-0.2, 0) is 19.6 Å². The lowest BCUT2D eigenvalue weighted by Gasteiger charge is -2.13. The van der Waals surface area contributed by atoms with Crippen molar-refractivity contribution < 1.29 is 18.0 Å². The minimum absolute atomic E-state index is 0.0676. The fraction of sp³-hybridized carbons (Fsp3) is 0.429. The van der Waals surface area contributed by atoms with Crippen LogP contribution in [0.25, 0.3) is 0 Å². The van der Waals surface area contributed by atoms with Crippen molar-refractivity contribution in [2.45, 2.75) is 31.2 Å². The van der Waals surface area contributed by atoms with Crippen molar-refractivity contribution in [2.24, 2.45) is 0 Å². The van der Waals surface area contributed by atoms with E-state index in [0.29, 0.717) is 11.6 Å². The summed E-state index contributed by atoms with van der Waals surface area (Å²) in [6.07, 6.45) is -0.0729. The average molecular weight is 362 g/mol. The van der Waals surface area contributed by atoms with E-state index in [0.717, 1.165) is 0 Å². The third-order valence-corrected chi connectivity index (χ3v) is 4.62. The van der Waals surface area contributed by atoms with Gasteiger partial charge in [-0.1, -0.05) is 11.6 Å². The van der Waals surface area contributed by atoms with Crippen LogP contribution in [-0.4, -0.2) is 39.4 Å². The van der Waals surface area contributed by atoms with Crippen LogP contribution >= 0.6 is 11.6 Å². The van der Waals surface area contributed by atoms with E-state index in [2.05, 4.69) is 15.4 Å². The molecule has 2 amide bonds. The molecule has 0 unspecified atom stereocenters. The van der Waals surface area contributed by atoms with E-state index in [9.17, 15) is 18.0 Å². The maximum atomic E-state index is 12.0. The van der Waals surface area contributed by atoms with Crippen molar-refractivity contribution in [1.29, 1.82) is 0 Å². The van der Waals surface area contributed by atoms with Gasteiger partial charge in [0.25, 0.3) is 0 Å². The van der Waals surface area contributed by atoms with E-state index in [1.54, 1.807) is 13.8 Å². The highest BCUT2D eigenvalue weighted by atomic mass is 35.5. The lowest BCUT2D eigenvalue weighted by Crippen LogP contribution is -2.45. The fourth-order valence-corrected chi connectivity index (χ4v) is 2.86. The zero-order valence-electron chi connectivity index (χ0n) is 12.9. The van der Waals surface area contributed by atoms with Gasteiger partial charge in [0, 0.05) is 24.5 Å². The summed E-state index contributed by atoms with van der Waals surface area (Å²) in [7, 11) is -3.69. The lowest BCUT2D eigenvalue weighted by molar-refractivity contribution is -0.128. The molecular formula is C14H20ClN3O4S. The number of hydrogen-bond acceptors (Lipinski definition) is 4. The summed E-state index contributed by atoms with van der Waals surface area (Å²) in [5, 5.41) is 5.51. The van der Waals surface area contributed by atoms with Gasteiger partial charge in [0.05, 0.1) is 4.90 Å². The predicted molar refractivity (Wildman–Crippen MR) is 87.5 cm³/mol. The number of benzene rings is 1. The van der Waals surface area contributed by atoms with E-state index < -0.39 is 22.0 Å². The number of nitrogens with one attached hydrogen (secondary N) is 3. The first-order valence-electron chi connectivity index (χ1n) is 7.08. The quantitative estimate of drug-likeness (QED) is 0.632. The van der Waals surface area contributed by atoms with Crippen LogP contribution in [0.1, 0.15) is 20.3 Å². The Kier molecular flexibility index (Phi) is 7.47. The molecule has 3 N–H and O–H groups in total. The number of rotatable bonds is 8. The summed E-state index contributed by atoms with van der Waals surface area (Å²) in [4.78, 5) is 23.2. The SMILES string of the molecule is CCNC(=O)[C@H](C)NC(=O)CCNS(=O)(=O)c1ccc(Cl)cc1. The molecule has 0 aromatic heterocycles. The van der Waals surface area contributed by atoms with Gasteiger partial charge in [-0.25, -0.2) is 13.1 Å². The number of amides is 2. The Morgan fingerprint density at radius 2 is 1.83 bits per heavy atom. The first-order chi connectivity index (χ1) is 10.8. The second-order valence-electron chi connectivity index (χ2n) is 4.79. The Morgan fingerprint density at radius 1 is 1.22 bits per heavy atom. The first-order valence-corrected chi connectivity index (χ1v) is 8.94. The van der Waals surface area contributed by atoms with Crippen molar-refractivity contribution in [2.75, 3.05) is 13.1 Å². The van der Waals surface area contributed by atoms with Gasteiger partial charge < -0.3 is 10.6 Å². The van der Waals surface area contributed by atoms with Crippen molar-refractivity contribution >= 4 is 33.4 Å². The summed E-state index contributed by atoms with van der Waals surface area (Å²) in [5.74, 6) is -0.704. The zero-order valence-corrected chi connectivity index (χ0v) is 14.5. The molecule has 1 aromatic carbocycles. The highest BCUT2D eigenvalue weighted by Crippen LogP contribution is 2.13. The molecule has 23 heavy (non-hydrogen) atoms. The molecule has 0 aliphatic heterocycles. The molecule has 0 aliphatic rings. The third kappa shape index (κ3) is 6.55. The van der Waals surface area contributed by atoms with Gasteiger partial charge in [0.2, 0.25) is 21.8 Å². The second-order valence-corrected chi connectivity index (χ2v) is 6.99. The average Bonchev–Trinajstić information content (AvgIpc) is 2.47. The van der Waals surface area contributed by atoms with Crippen LogP contribution in [0.4, 0.5) is 0 Å². The van der Waals surface area contributed by atoms with E-state index in [-0.39, 0.29) is 23.8 Å². The fourth-order valence-electron chi connectivity index (χ4n) is 1.70. The van der Waals surface area contributed by atoms with Crippen LogP contribution in [0, 0.1) is 0 Å². The summed E-state index contributed by atoms with van der Waals surface area (Å²) in [6, 6.07) is 5.02. The molecule has 0 saturated carbocycles. The molecule has 1 aromatic rings. The Hall–Kier alpha value is -1.64. The molecule has 128 valence electrons. The van der Waals surface area contributed by atoms with E-state index in [1.165, 1.54) is 24.3 Å². The van der Waals surface area contributed by atoms with Crippen molar-refractivity contribution in [3.8, 4) is 0 Å². The van der Waals surface area contributed by atoms with Gasteiger partial charge in [-0.15, -0.1) is 0 Å². The third-order valence-electron chi connectivity index (χ3n) is 2.89. The lowest BCUT2D eigenvalue weighted by atomic mass is 10.3. The molecule has 9 heteroatoms. The molecule has 0 aliphatic carbocycles. The molecule has 0 fully saturated rings. The summed E-state index contributed by atoms with van der Waals surface area (Å²) in [5.41, 5.74) is 0. The number of sulfonamides is 1. The number of carbonyl (C=O) groups is 2. The molecule has 0 heterocycles. The predicted octanol–water partition coefficient (Wildman–Crippen LogP) is 0.649. The molecule has 0 radical (unpaired) electrons. The molecule has 0 spiro atoms. The normalized spacial score (nSPS) is 12.5. The highest BCUT2D eigenvalue weighted by Gasteiger charge is 2.16. The van der Waals surface area contributed by atoms with Crippen LogP contribution in [0.5, 0.6) is 0 Å². The van der Waals surface area contributed by atoms with Crippen LogP contribution in [0.3, 0.4) is 0 Å². The van der Waals surface area contributed by atoms with Crippen molar-refractivity contribution in [1.82, 2.24) is 15.4 Å². The Morgan fingerprint density at radius 3 is 2.39 bits per heavy atom. The van der Waals surface area contributed by atoms with E-state index in [1.807, 2.05) is 0 Å². The summed E-state index contributed by atoms with van der Waals surface area (Å²) in [6.45, 7) is 3.73. The van der Waals surface area contributed by atoms with Gasteiger partial charge in [-0.05, 0) is 38.1 Å². The summed E-state index contributed by atoms with van der Waals surface area (Å²) >= 11 is 5.70. The molecular weight excluding hydrogens is 342 g/mol. The van der Waals surface area contributed by atoms with Crippen molar-refractivity contribution in [3.05, 3.63) is 29.3 Å². The van der Waals surface area contributed by atoms with Crippen LogP contribution < -0.4 is 15.4 Å². The Labute approximate surface area is 140 Å². The maximum absolute atomic E-state index is 12.0. The minimum atomic E-state index is -3.69. The highest BCUT2D eigenvalue weighted by molar-refractivity contribution is 7.89. The number of carbonyl (C=O) groups excluding carboxylic acids is 2. The zero-order chi connectivity index (χ0) is 17.5. The topological polar surface area (TPSA) is 104 Å². The molecule has 0 saturated heterocycles. The molecule has 1 rings (SSSR count). The number of hydrogen-bond donors (Lipinski definition) is 3. The standard InChI is InChI=1S/C14H20ClN3O4S/c1-3-16-14(20)10(2)18-13(19)8-9-17-23(21,22)12-6-4-11(15)5-7-12/h4-7,10,17H,3,8-9H2,1-2H3,(H,16,20)(H,18,19)/t10-/m0/s1. The number of halogens is 1. The largest absolute Gasteiger partial charge is 0.355 e. The van der Waals surface area contributed by atoms with Gasteiger partial charge in [0.15, 0.2) is 0 Å². The monoisotopic (exact) mass is 361 g/mol. The Balaban J connectivity index is 2.45. The number of likely N-dealkylation sites (N-methyl/N-ethyl adjacent to an activating group) is 1. The van der Waals surface area contributed by atoms with Gasteiger partial charge in [0.1, 0.15) is 6.04 Å². The van der Waals surface area contributed by atoms with Crippen LogP contribution in [0.15, 0.2) is 29.2 Å². The first kappa shape index (κ1) is 19.4. The maximum Gasteiger partial charge on any atom is 0.242 e. The van der Waals surface area contributed by atoms with Gasteiger partial charge in [-0.2, -0.15) is 0 Å². The van der Waals surface area contributed by atoms with E-state index >= 15 is 0 Å². The smallest absolute Gasteiger partial charge is 0.242 e. The second kappa shape index (κ2) is 8.85. The summed E-state index contributed by atoms with van der Waals surface area (Å²) < 4.78 is 26.3. The minimum Gasteiger partial charge on any atom is -0.355 e. The van der Waals surface area contributed by atoms with Crippen molar-refractivity contribution in [3.63, 3.8) is 0 Å².